The van der Waals surface area contributed by atoms with Crippen molar-refractivity contribution in [3.8, 4) is 59.9 Å². The van der Waals surface area contributed by atoms with Gasteiger partial charge in [0, 0.05) is 91.6 Å². The van der Waals surface area contributed by atoms with Crippen LogP contribution < -0.4 is 0 Å². The molecule has 0 aliphatic rings. The molecule has 4 atom stereocenters. The molecule has 1 aromatic carbocycles. The molecule has 0 aliphatic heterocycles. The van der Waals surface area contributed by atoms with Crippen LogP contribution in [0.2, 0.25) is 0 Å². The molecule has 112 heavy (non-hydrogen) atoms. The lowest BCUT2D eigenvalue weighted by molar-refractivity contribution is 0.403. The topological polar surface area (TPSA) is 0 Å². The van der Waals surface area contributed by atoms with Gasteiger partial charge in [-0.15, -0.1) is 114 Å². The van der Waals surface area contributed by atoms with Gasteiger partial charge in [0.05, 0.1) is 8.42 Å². The molecule has 0 nitrogen and oxygen atoms in total. The summed E-state index contributed by atoms with van der Waals surface area (Å²) >= 11 is 21.3. The molecule has 0 spiro atoms. The van der Waals surface area contributed by atoms with Crippen molar-refractivity contribution in [2.24, 2.45) is 23.7 Å². The van der Waals surface area contributed by atoms with Crippen molar-refractivity contribution in [3.05, 3.63) is 93.7 Å². The Morgan fingerprint density at radius 3 is 0.902 bits per heavy atom. The Kier molecular flexibility index (Phi) is 46.2. The van der Waals surface area contributed by atoms with Crippen molar-refractivity contribution in [2.45, 2.75) is 412 Å². The summed E-state index contributed by atoms with van der Waals surface area (Å²) in [7, 11) is 0. The van der Waals surface area contributed by atoms with Crippen LogP contribution in [0.3, 0.4) is 0 Å². The Morgan fingerprint density at radius 1 is 0.259 bits per heavy atom. The molecule has 4 unspecified atom stereocenters. The average molecular weight is 1700 g/mol. The van der Waals surface area contributed by atoms with Crippen molar-refractivity contribution in [1.29, 1.82) is 0 Å². The standard InChI is InChI=1S/C102H154S10/c1-11-21-29-35-39-41-45-51-59-83-71-93(111-101(83)105-75-77(19-9)53-27-17-7)95-85-73-91(87-61-63-89(107-87)97-81(65-67-103-97)69-79(55-47-33-25-15-5)57-49-43-37-31-23-13-3)110-100(85)96(94-72-84(60-52-46-42-40-36-30-22-12-2)102(112-94)106-76-78(20-10)54-28-18-8)86-74-92(109-99(86)95)88-62-64-90(108-88)98-82(66-68-104-98)70-80(56-48-34-26-16-6)58-50-44-38-32-24-14-4/h61-68,71-74,77-80H,11-60,69-70,75-76H2,1-10H3. The first kappa shape index (κ1) is 93.9. The van der Waals surface area contributed by atoms with E-state index in [1.54, 1.807) is 30.7 Å². The van der Waals surface area contributed by atoms with E-state index in [4.69, 9.17) is 0 Å². The zero-order valence-electron chi connectivity index (χ0n) is 72.5. The predicted octanol–water partition coefficient (Wildman–Crippen LogP) is 40.2. The van der Waals surface area contributed by atoms with Gasteiger partial charge in [-0.2, -0.15) is 0 Å². The maximum absolute atomic E-state index is 2.77. The highest BCUT2D eigenvalue weighted by atomic mass is 32.2. The van der Waals surface area contributed by atoms with Gasteiger partial charge >= 0.3 is 0 Å². The monoisotopic (exact) mass is 1700 g/mol. The molecule has 8 aromatic heterocycles. The van der Waals surface area contributed by atoms with Crippen LogP contribution in [0.15, 0.2) is 79.8 Å². The molecule has 0 saturated carbocycles. The van der Waals surface area contributed by atoms with E-state index in [9.17, 15) is 0 Å². The maximum atomic E-state index is 2.77. The van der Waals surface area contributed by atoms with E-state index >= 15 is 0 Å². The summed E-state index contributed by atoms with van der Waals surface area (Å²) in [4.78, 5) is 14.8. The highest BCUT2D eigenvalue weighted by Gasteiger charge is 2.29. The highest BCUT2D eigenvalue weighted by Crippen LogP contribution is 2.58. The van der Waals surface area contributed by atoms with Crippen molar-refractivity contribution in [3.63, 3.8) is 0 Å². The van der Waals surface area contributed by atoms with Gasteiger partial charge in [0.1, 0.15) is 0 Å². The summed E-state index contributed by atoms with van der Waals surface area (Å²) in [5.41, 5.74) is 9.50. The minimum absolute atomic E-state index is 0.757. The summed E-state index contributed by atoms with van der Waals surface area (Å²) in [6.07, 6.45) is 70.1. The highest BCUT2D eigenvalue weighted by molar-refractivity contribution is 8.01. The SMILES string of the molecule is CCCCCCCCCCc1cc(-c2c3cc(-c4ccc(-c5sccc5CC(CCCCCC)CCCCCCCC)s4)sc3c(-c3cc(CCCCCCCCCC)c(SCC(CC)CCCC)s3)c3cc(-c4ccc(-c5sccc5CC(CCCCCC)CCCCCCCC)s4)sc23)sc1SCC(CC)CCCC. The minimum atomic E-state index is 0.757. The van der Waals surface area contributed by atoms with Gasteiger partial charge < -0.3 is 0 Å². The first-order valence-corrected chi connectivity index (χ1v) is 55.7. The van der Waals surface area contributed by atoms with Crippen molar-refractivity contribution in [2.75, 3.05) is 11.5 Å². The van der Waals surface area contributed by atoms with Crippen LogP contribution in [0, 0.1) is 23.7 Å². The van der Waals surface area contributed by atoms with Crippen LogP contribution in [-0.4, -0.2) is 11.5 Å². The number of benzene rings is 1. The Balaban J connectivity index is 1.21. The fourth-order valence-electron chi connectivity index (χ4n) is 17.3. The second kappa shape index (κ2) is 55.1. The van der Waals surface area contributed by atoms with Gasteiger partial charge in [-0.1, -0.05) is 352 Å². The first-order valence-electron chi connectivity index (χ1n) is 47.1. The van der Waals surface area contributed by atoms with Gasteiger partial charge in [-0.05, 0) is 169 Å². The van der Waals surface area contributed by atoms with Crippen LogP contribution in [-0.2, 0) is 25.7 Å². The fourth-order valence-corrected chi connectivity index (χ4v) is 30.0. The number of thiophene rings is 8. The molecular formula is C102H154S10. The third-order valence-electron chi connectivity index (χ3n) is 24.6. The molecule has 10 heteroatoms. The van der Waals surface area contributed by atoms with Crippen molar-refractivity contribution >= 4 is 134 Å². The number of rotatable bonds is 66. The van der Waals surface area contributed by atoms with Crippen molar-refractivity contribution in [1.82, 2.24) is 0 Å². The van der Waals surface area contributed by atoms with Gasteiger partial charge in [0.25, 0.3) is 0 Å². The van der Waals surface area contributed by atoms with E-state index < -0.39 is 0 Å². The Labute approximate surface area is 727 Å². The van der Waals surface area contributed by atoms with E-state index in [-0.39, 0.29) is 0 Å². The Morgan fingerprint density at radius 2 is 0.562 bits per heavy atom. The van der Waals surface area contributed by atoms with Gasteiger partial charge in [0.2, 0.25) is 0 Å². The quantitative estimate of drug-likeness (QED) is 0.0275. The van der Waals surface area contributed by atoms with Crippen LogP contribution in [0.5, 0.6) is 0 Å². The summed E-state index contributed by atoms with van der Waals surface area (Å²) in [5.74, 6) is 5.51. The molecule has 0 radical (unpaired) electrons. The second-order valence-electron chi connectivity index (χ2n) is 34.0. The zero-order chi connectivity index (χ0) is 78.8. The minimum Gasteiger partial charge on any atom is -0.143 e. The molecule has 9 rings (SSSR count). The van der Waals surface area contributed by atoms with E-state index in [1.807, 2.05) is 22.7 Å². The summed E-state index contributed by atoms with van der Waals surface area (Å²) < 4.78 is 6.24. The average Bonchev–Trinajstić information content (AvgIpc) is 1.53. The molecule has 9 aromatic rings. The molecule has 0 aliphatic carbocycles. The van der Waals surface area contributed by atoms with Crippen LogP contribution in [0.25, 0.3) is 80.1 Å². The molecule has 0 N–H and O–H groups in total. The lowest BCUT2D eigenvalue weighted by atomic mass is 9.89. The second-order valence-corrected chi connectivity index (χ2v) is 44.8. The third-order valence-corrected chi connectivity index (χ3v) is 37.2. The van der Waals surface area contributed by atoms with Gasteiger partial charge in [-0.25, -0.2) is 0 Å². The van der Waals surface area contributed by atoms with E-state index in [2.05, 4.69) is 232 Å². The fraction of sp³-hybridized carbons (Fsp3) is 0.667. The number of hydrogen-bond donors (Lipinski definition) is 0. The molecule has 0 saturated heterocycles. The number of aryl methyl sites for hydroxylation is 2. The van der Waals surface area contributed by atoms with Gasteiger partial charge in [-0.3, -0.25) is 0 Å². The molecule has 0 amide bonds. The number of thioether (sulfide) groups is 2. The van der Waals surface area contributed by atoms with E-state index in [1.165, 1.54) is 425 Å². The summed E-state index contributed by atoms with van der Waals surface area (Å²) in [6, 6.07) is 26.2. The van der Waals surface area contributed by atoms with E-state index in [0.717, 1.165) is 23.7 Å². The Bertz CT molecular complexity index is 3610. The van der Waals surface area contributed by atoms with Crippen LogP contribution in [0.1, 0.15) is 400 Å². The first-order chi connectivity index (χ1) is 55.2. The normalized spacial score (nSPS) is 13.2. The zero-order valence-corrected chi connectivity index (χ0v) is 80.7. The smallest absolute Gasteiger partial charge is 0.0637 e. The maximum Gasteiger partial charge on any atom is 0.0637 e. The van der Waals surface area contributed by atoms with Crippen LogP contribution in [0.4, 0.5) is 0 Å². The van der Waals surface area contributed by atoms with Crippen LogP contribution >= 0.6 is 114 Å². The van der Waals surface area contributed by atoms with Crippen molar-refractivity contribution < 1.29 is 0 Å². The van der Waals surface area contributed by atoms with Gasteiger partial charge in [0.15, 0.2) is 0 Å². The number of unbranched alkanes of at least 4 members (excludes halogenated alkanes) is 32. The molecular weight excluding hydrogens is 1550 g/mol. The summed E-state index contributed by atoms with van der Waals surface area (Å²) in [5, 5.41) is 7.84. The van der Waals surface area contributed by atoms with E-state index in [0.29, 0.717) is 0 Å². The Hall–Kier alpha value is -1.96. The predicted molar refractivity (Wildman–Crippen MR) is 526 cm³/mol. The largest absolute Gasteiger partial charge is 0.143 e. The lowest BCUT2D eigenvalue weighted by Gasteiger charge is -2.17. The number of hydrogen-bond acceptors (Lipinski definition) is 10. The number of fused-ring (bicyclic) bond motifs is 2. The molecule has 0 bridgehead atoms. The lowest BCUT2D eigenvalue weighted by Crippen LogP contribution is -2.05. The molecule has 8 heterocycles. The third kappa shape index (κ3) is 30.3. The molecule has 622 valence electrons. The summed E-state index contributed by atoms with van der Waals surface area (Å²) in [6.45, 7) is 23.8. The molecule has 0 fully saturated rings.